The normalized spacial score (nSPS) is 18.1. The van der Waals surface area contributed by atoms with Crippen LogP contribution in [0.3, 0.4) is 0 Å². The summed E-state index contributed by atoms with van der Waals surface area (Å²) in [5.41, 5.74) is 0. The van der Waals surface area contributed by atoms with Crippen molar-refractivity contribution in [1.29, 1.82) is 0 Å². The van der Waals surface area contributed by atoms with E-state index in [0.717, 1.165) is 59.9 Å². The van der Waals surface area contributed by atoms with Crippen LogP contribution in [-0.4, -0.2) is 85.3 Å². The average molecular weight is 606 g/mol. The Morgan fingerprint density at radius 1 is 0.909 bits per heavy atom. The van der Waals surface area contributed by atoms with E-state index in [1.165, 1.54) is 0 Å². The Labute approximate surface area is 176 Å². The molecule has 130 valence electrons. The zero-order valence-electron chi connectivity index (χ0n) is 12.4. The Hall–Kier alpha value is 1.89. The van der Waals surface area contributed by atoms with E-state index < -0.39 is 0 Å². The SMILES string of the molecule is O=C1N(CC(Br)CSCCBr)CCN1CC(Br)CSCCBr. The number of hydrogen-bond acceptors (Lipinski definition) is 3. The number of amides is 2. The van der Waals surface area contributed by atoms with E-state index in [0.29, 0.717) is 9.65 Å². The van der Waals surface area contributed by atoms with Gasteiger partial charge in [-0.3, -0.25) is 0 Å². The molecule has 0 aromatic heterocycles. The van der Waals surface area contributed by atoms with E-state index in [1.54, 1.807) is 0 Å². The molecule has 2 unspecified atom stereocenters. The highest BCUT2D eigenvalue weighted by atomic mass is 79.9. The van der Waals surface area contributed by atoms with Crippen molar-refractivity contribution in [3.63, 3.8) is 0 Å². The number of thioether (sulfide) groups is 2. The van der Waals surface area contributed by atoms with Crippen LogP contribution in [0.1, 0.15) is 0 Å². The monoisotopic (exact) mass is 602 g/mol. The first-order chi connectivity index (χ1) is 10.6. The van der Waals surface area contributed by atoms with Gasteiger partial charge in [-0.05, 0) is 0 Å². The topological polar surface area (TPSA) is 23.6 Å². The van der Waals surface area contributed by atoms with Gasteiger partial charge in [0.1, 0.15) is 0 Å². The molecule has 1 fully saturated rings. The van der Waals surface area contributed by atoms with E-state index >= 15 is 0 Å². The molecule has 1 heterocycles. The van der Waals surface area contributed by atoms with Crippen LogP contribution in [0, 0.1) is 0 Å². The molecule has 0 aromatic rings. The van der Waals surface area contributed by atoms with Crippen molar-refractivity contribution in [3.05, 3.63) is 0 Å². The molecule has 1 aliphatic heterocycles. The first-order valence-corrected chi connectivity index (χ1v) is 13.6. The lowest BCUT2D eigenvalue weighted by Gasteiger charge is -2.22. The summed E-state index contributed by atoms with van der Waals surface area (Å²) >= 11 is 18.1. The fourth-order valence-corrected chi connectivity index (χ4v) is 6.55. The molecule has 2 atom stereocenters. The van der Waals surface area contributed by atoms with Crippen molar-refractivity contribution >= 4 is 93.3 Å². The van der Waals surface area contributed by atoms with Crippen LogP contribution in [0.25, 0.3) is 0 Å². The lowest BCUT2D eigenvalue weighted by atomic mass is 10.4. The summed E-state index contributed by atoms with van der Waals surface area (Å²) in [6, 6.07) is 0.185. The van der Waals surface area contributed by atoms with Gasteiger partial charge in [0.15, 0.2) is 0 Å². The van der Waals surface area contributed by atoms with E-state index in [4.69, 9.17) is 0 Å². The standard InChI is InChI=1S/C13H22Br4N2OS2/c14-1-5-21-9-11(16)7-18-3-4-19(13(18)20)8-12(17)10-22-6-2-15/h11-12H,1-10H2. The van der Waals surface area contributed by atoms with Gasteiger partial charge in [0.05, 0.1) is 0 Å². The second-order valence-electron chi connectivity index (χ2n) is 4.90. The van der Waals surface area contributed by atoms with Crippen molar-refractivity contribution < 1.29 is 4.79 Å². The predicted molar refractivity (Wildman–Crippen MR) is 116 cm³/mol. The van der Waals surface area contributed by atoms with Crippen LogP contribution in [0.5, 0.6) is 0 Å². The molecule has 0 spiro atoms. The summed E-state index contributed by atoms with van der Waals surface area (Å²) in [6.07, 6.45) is 0. The highest BCUT2D eigenvalue weighted by molar-refractivity contribution is 9.10. The molecule has 0 saturated carbocycles. The molecule has 22 heavy (non-hydrogen) atoms. The molecular weight excluding hydrogens is 584 g/mol. The van der Waals surface area contributed by atoms with Gasteiger partial charge in [-0.1, -0.05) is 63.7 Å². The van der Waals surface area contributed by atoms with Crippen LogP contribution in [-0.2, 0) is 0 Å². The number of halogens is 4. The molecule has 1 rings (SSSR count). The predicted octanol–water partition coefficient (Wildman–Crippen LogP) is 4.51. The molecule has 0 aliphatic carbocycles. The summed E-state index contributed by atoms with van der Waals surface area (Å²) in [5.74, 6) is 4.30. The molecule has 0 radical (unpaired) electrons. The zero-order chi connectivity index (χ0) is 16.4. The maximum absolute atomic E-state index is 12.4. The number of alkyl halides is 4. The summed E-state index contributed by atoms with van der Waals surface area (Å²) < 4.78 is 0. The highest BCUT2D eigenvalue weighted by Crippen LogP contribution is 2.18. The van der Waals surface area contributed by atoms with Gasteiger partial charge in [0, 0.05) is 69.5 Å². The Bertz CT molecular complexity index is 300. The minimum Gasteiger partial charge on any atom is -0.322 e. The van der Waals surface area contributed by atoms with Gasteiger partial charge in [-0.15, -0.1) is 0 Å². The third kappa shape index (κ3) is 8.83. The Balaban J connectivity index is 2.26. The Morgan fingerprint density at radius 2 is 1.32 bits per heavy atom. The summed E-state index contributed by atoms with van der Waals surface area (Å²) in [6.45, 7) is 3.29. The fourth-order valence-electron chi connectivity index (χ4n) is 2.09. The molecule has 0 bridgehead atoms. The first kappa shape index (κ1) is 21.9. The second kappa shape index (κ2) is 13.1. The van der Waals surface area contributed by atoms with E-state index in [2.05, 4.69) is 63.7 Å². The van der Waals surface area contributed by atoms with Crippen molar-refractivity contribution in [2.75, 3.05) is 59.9 Å². The summed E-state index contributed by atoms with van der Waals surface area (Å²) in [5, 5.41) is 2.04. The van der Waals surface area contributed by atoms with E-state index in [1.807, 2.05) is 33.3 Å². The van der Waals surface area contributed by atoms with Crippen LogP contribution in [0.2, 0.25) is 0 Å². The van der Waals surface area contributed by atoms with Crippen LogP contribution in [0.15, 0.2) is 0 Å². The maximum Gasteiger partial charge on any atom is 0.320 e. The smallest absolute Gasteiger partial charge is 0.320 e. The third-order valence-corrected chi connectivity index (χ3v) is 9.25. The van der Waals surface area contributed by atoms with Crippen molar-refractivity contribution in [1.82, 2.24) is 9.80 Å². The first-order valence-electron chi connectivity index (χ1n) is 7.17. The van der Waals surface area contributed by atoms with Gasteiger partial charge in [-0.25, -0.2) is 4.79 Å². The molecule has 3 nitrogen and oxygen atoms in total. The minimum absolute atomic E-state index is 0.185. The number of carbonyl (C=O) groups is 1. The van der Waals surface area contributed by atoms with E-state index in [-0.39, 0.29) is 6.03 Å². The van der Waals surface area contributed by atoms with Gasteiger partial charge in [-0.2, -0.15) is 23.5 Å². The summed E-state index contributed by atoms with van der Waals surface area (Å²) in [4.78, 5) is 17.1. The lowest BCUT2D eigenvalue weighted by molar-refractivity contribution is 0.193. The molecular formula is C13H22Br4N2OS2. The van der Waals surface area contributed by atoms with Crippen LogP contribution < -0.4 is 0 Å². The van der Waals surface area contributed by atoms with Crippen LogP contribution in [0.4, 0.5) is 4.79 Å². The van der Waals surface area contributed by atoms with Crippen LogP contribution >= 0.6 is 87.2 Å². The molecule has 1 saturated heterocycles. The third-order valence-electron chi connectivity index (χ3n) is 3.06. The highest BCUT2D eigenvalue weighted by Gasteiger charge is 2.30. The minimum atomic E-state index is 0.185. The molecule has 9 heteroatoms. The van der Waals surface area contributed by atoms with Gasteiger partial charge in [0.2, 0.25) is 0 Å². The Kier molecular flexibility index (Phi) is 13.1. The number of hydrogen-bond donors (Lipinski definition) is 0. The zero-order valence-corrected chi connectivity index (χ0v) is 20.3. The molecule has 2 amide bonds. The number of rotatable bonds is 12. The molecule has 0 N–H and O–H groups in total. The van der Waals surface area contributed by atoms with Crippen molar-refractivity contribution in [2.45, 2.75) is 9.65 Å². The maximum atomic E-state index is 12.4. The fraction of sp³-hybridized carbons (Fsp3) is 0.923. The van der Waals surface area contributed by atoms with Gasteiger partial charge < -0.3 is 9.80 Å². The quantitative estimate of drug-likeness (QED) is 0.242. The largest absolute Gasteiger partial charge is 0.322 e. The van der Waals surface area contributed by atoms with Gasteiger partial charge in [0.25, 0.3) is 0 Å². The lowest BCUT2D eigenvalue weighted by Crippen LogP contribution is -2.38. The number of carbonyl (C=O) groups excluding carboxylic acids is 1. The van der Waals surface area contributed by atoms with Gasteiger partial charge >= 0.3 is 6.03 Å². The Morgan fingerprint density at radius 3 is 1.68 bits per heavy atom. The second-order valence-corrected chi connectivity index (χ2v) is 11.4. The van der Waals surface area contributed by atoms with Crippen molar-refractivity contribution in [3.8, 4) is 0 Å². The van der Waals surface area contributed by atoms with Crippen molar-refractivity contribution in [2.24, 2.45) is 0 Å². The molecule has 1 aliphatic rings. The average Bonchev–Trinajstić information content (AvgIpc) is 2.81. The molecule has 0 aromatic carbocycles. The summed E-state index contributed by atoms with van der Waals surface area (Å²) in [7, 11) is 0. The van der Waals surface area contributed by atoms with E-state index in [9.17, 15) is 4.79 Å². The number of nitrogens with zero attached hydrogens (tertiary/aromatic N) is 2. The number of urea groups is 1.